The number of fused-ring (bicyclic) bond motifs is 2. The fourth-order valence-corrected chi connectivity index (χ4v) is 5.02. The van der Waals surface area contributed by atoms with E-state index in [1.807, 2.05) is 41.7 Å². The van der Waals surface area contributed by atoms with Crippen LogP contribution in [0.15, 0.2) is 48.2 Å². The number of aryl methyl sites for hydroxylation is 1. The molecule has 2 aliphatic heterocycles. The zero-order valence-corrected chi connectivity index (χ0v) is 16.5. The molecule has 1 fully saturated rings. The van der Waals surface area contributed by atoms with E-state index < -0.39 is 0 Å². The minimum absolute atomic E-state index is 0.0319. The Morgan fingerprint density at radius 3 is 2.93 bits per heavy atom. The van der Waals surface area contributed by atoms with Crippen LogP contribution in [0, 0.1) is 6.92 Å². The molecular formula is C21H21N5OS. The fourth-order valence-electron chi connectivity index (χ4n) is 4.43. The van der Waals surface area contributed by atoms with E-state index in [-0.39, 0.29) is 11.3 Å². The molecule has 5 rings (SSSR count). The number of rotatable bonds is 3. The van der Waals surface area contributed by atoms with E-state index in [0.29, 0.717) is 12.2 Å². The van der Waals surface area contributed by atoms with Gasteiger partial charge in [-0.2, -0.15) is 0 Å². The topological polar surface area (TPSA) is 62.2 Å². The number of aromatic nitrogens is 3. The molecule has 3 aromatic heterocycles. The Hall–Kier alpha value is -2.80. The van der Waals surface area contributed by atoms with Gasteiger partial charge in [-0.15, -0.1) is 11.3 Å². The largest absolute Gasteiger partial charge is 0.365 e. The van der Waals surface area contributed by atoms with Crippen molar-refractivity contribution in [2.75, 3.05) is 24.5 Å². The minimum atomic E-state index is -0.112. The first kappa shape index (κ1) is 17.3. The molecule has 1 spiro atoms. The maximum Gasteiger partial charge on any atom is 0.273 e. The molecule has 5 heterocycles. The van der Waals surface area contributed by atoms with Crippen LogP contribution >= 0.6 is 11.3 Å². The van der Waals surface area contributed by atoms with Crippen molar-refractivity contribution in [2.24, 2.45) is 0 Å². The van der Waals surface area contributed by atoms with E-state index in [1.54, 1.807) is 6.20 Å². The first-order chi connectivity index (χ1) is 13.6. The number of hydrogen-bond acceptors (Lipinski definition) is 6. The van der Waals surface area contributed by atoms with E-state index >= 15 is 0 Å². The number of hydrogen-bond donors (Lipinski definition) is 0. The second-order valence-electron chi connectivity index (χ2n) is 7.60. The molecule has 0 N–H and O–H groups in total. The highest BCUT2D eigenvalue weighted by molar-refractivity contribution is 7.09. The molecule has 0 aliphatic carbocycles. The third kappa shape index (κ3) is 2.86. The highest BCUT2D eigenvalue weighted by atomic mass is 32.1. The first-order valence-corrected chi connectivity index (χ1v) is 10.3. The van der Waals surface area contributed by atoms with E-state index in [9.17, 15) is 4.79 Å². The average molecular weight is 392 g/mol. The molecule has 0 aromatic carbocycles. The molecule has 7 heteroatoms. The van der Waals surface area contributed by atoms with Crippen molar-refractivity contribution < 1.29 is 4.79 Å². The highest BCUT2D eigenvalue weighted by Crippen LogP contribution is 2.45. The van der Waals surface area contributed by atoms with E-state index in [4.69, 9.17) is 4.98 Å². The first-order valence-electron chi connectivity index (χ1n) is 9.45. The summed E-state index contributed by atoms with van der Waals surface area (Å²) in [5.74, 6) is 0.0319. The monoisotopic (exact) mass is 391 g/mol. The van der Waals surface area contributed by atoms with Gasteiger partial charge in [-0.05, 0) is 37.1 Å². The molecule has 1 atom stereocenters. The van der Waals surface area contributed by atoms with Crippen molar-refractivity contribution in [1.29, 1.82) is 0 Å². The van der Waals surface area contributed by atoms with Gasteiger partial charge in [0.2, 0.25) is 0 Å². The summed E-state index contributed by atoms with van der Waals surface area (Å²) in [5, 5.41) is 2.78. The minimum Gasteiger partial charge on any atom is -0.365 e. The summed E-state index contributed by atoms with van der Waals surface area (Å²) in [6.45, 7) is 5.03. The smallest absolute Gasteiger partial charge is 0.273 e. The van der Waals surface area contributed by atoms with Gasteiger partial charge in [-0.25, -0.2) is 4.98 Å². The highest BCUT2D eigenvalue weighted by Gasteiger charge is 2.49. The van der Waals surface area contributed by atoms with Gasteiger partial charge in [0.05, 0.1) is 21.8 Å². The average Bonchev–Trinajstić information content (AvgIpc) is 3.42. The Labute approximate surface area is 167 Å². The van der Waals surface area contributed by atoms with Crippen LogP contribution in [0.2, 0.25) is 0 Å². The van der Waals surface area contributed by atoms with Gasteiger partial charge < -0.3 is 9.80 Å². The third-order valence-electron chi connectivity index (χ3n) is 5.70. The van der Waals surface area contributed by atoms with Crippen LogP contribution in [0.1, 0.15) is 33.2 Å². The van der Waals surface area contributed by atoms with Crippen LogP contribution in [0.3, 0.4) is 0 Å². The predicted molar refractivity (Wildman–Crippen MR) is 109 cm³/mol. The normalized spacial score (nSPS) is 20.8. The van der Waals surface area contributed by atoms with Gasteiger partial charge in [0.1, 0.15) is 5.69 Å². The van der Waals surface area contributed by atoms with Gasteiger partial charge >= 0.3 is 0 Å². The SMILES string of the molecule is Cc1nc(C(=O)N2CCC3(C2)CN(Cc2cccnc2)c2cccnc23)cs1. The molecular weight excluding hydrogens is 370 g/mol. The van der Waals surface area contributed by atoms with Gasteiger partial charge in [0, 0.05) is 50.1 Å². The van der Waals surface area contributed by atoms with Crippen LogP contribution in [0.5, 0.6) is 0 Å². The fraction of sp³-hybridized carbons (Fsp3) is 0.333. The summed E-state index contributed by atoms with van der Waals surface area (Å²) in [5.41, 5.74) is 3.91. The maximum atomic E-state index is 12.9. The molecule has 28 heavy (non-hydrogen) atoms. The predicted octanol–water partition coefficient (Wildman–Crippen LogP) is 3.05. The molecule has 0 bridgehead atoms. The van der Waals surface area contributed by atoms with E-state index in [2.05, 4.69) is 27.0 Å². The molecule has 1 unspecified atom stereocenters. The summed E-state index contributed by atoms with van der Waals surface area (Å²) in [6, 6.07) is 8.20. The Morgan fingerprint density at radius 1 is 1.25 bits per heavy atom. The van der Waals surface area contributed by atoms with Crippen LogP contribution in [-0.2, 0) is 12.0 Å². The van der Waals surface area contributed by atoms with Crippen molar-refractivity contribution in [3.63, 3.8) is 0 Å². The standard InChI is InChI=1S/C21H21N5OS/c1-15-24-17(12-28-15)20(27)25-9-6-21(13-25)14-26(11-16-4-2-7-22-10-16)18-5-3-8-23-19(18)21/h2-5,7-8,10,12H,6,9,11,13-14H2,1H3. The molecule has 0 saturated carbocycles. The maximum absolute atomic E-state index is 12.9. The van der Waals surface area contributed by atoms with Gasteiger partial charge in [0.15, 0.2) is 0 Å². The zero-order valence-electron chi connectivity index (χ0n) is 15.7. The lowest BCUT2D eigenvalue weighted by molar-refractivity contribution is 0.0779. The molecule has 6 nitrogen and oxygen atoms in total. The van der Waals surface area contributed by atoms with Crippen LogP contribution < -0.4 is 4.90 Å². The van der Waals surface area contributed by atoms with Gasteiger partial charge in [-0.1, -0.05) is 6.07 Å². The second kappa shape index (κ2) is 6.67. The quantitative estimate of drug-likeness (QED) is 0.687. The summed E-state index contributed by atoms with van der Waals surface area (Å²) in [4.78, 5) is 30.6. The number of anilines is 1. The van der Waals surface area contributed by atoms with Gasteiger partial charge in [0.25, 0.3) is 5.91 Å². The Bertz CT molecular complexity index is 1020. The number of thiazole rings is 1. The lowest BCUT2D eigenvalue weighted by atomic mass is 9.85. The van der Waals surface area contributed by atoms with Crippen molar-refractivity contribution in [2.45, 2.75) is 25.3 Å². The van der Waals surface area contributed by atoms with Crippen LogP contribution in [0.4, 0.5) is 5.69 Å². The Kier molecular flexibility index (Phi) is 4.12. The Balaban J connectivity index is 1.42. The van der Waals surface area contributed by atoms with Crippen molar-refractivity contribution in [3.05, 3.63) is 70.2 Å². The van der Waals surface area contributed by atoms with Crippen LogP contribution in [-0.4, -0.2) is 45.4 Å². The zero-order chi connectivity index (χ0) is 19.1. The third-order valence-corrected chi connectivity index (χ3v) is 6.47. The van der Waals surface area contributed by atoms with Crippen molar-refractivity contribution in [3.8, 4) is 0 Å². The lowest BCUT2D eigenvalue weighted by Crippen LogP contribution is -2.38. The summed E-state index contributed by atoms with van der Waals surface area (Å²) >= 11 is 1.52. The van der Waals surface area contributed by atoms with Crippen molar-refractivity contribution >= 4 is 22.9 Å². The molecule has 142 valence electrons. The summed E-state index contributed by atoms with van der Waals surface area (Å²) in [6.07, 6.45) is 6.50. The number of likely N-dealkylation sites (tertiary alicyclic amines) is 1. The number of carbonyl (C=O) groups excluding carboxylic acids is 1. The molecule has 1 saturated heterocycles. The summed E-state index contributed by atoms with van der Waals surface area (Å²) in [7, 11) is 0. The van der Waals surface area contributed by atoms with E-state index in [0.717, 1.165) is 36.8 Å². The number of carbonyl (C=O) groups is 1. The number of pyridine rings is 2. The molecule has 0 radical (unpaired) electrons. The number of amides is 1. The number of nitrogens with zero attached hydrogens (tertiary/aromatic N) is 5. The summed E-state index contributed by atoms with van der Waals surface area (Å²) < 4.78 is 0. The van der Waals surface area contributed by atoms with Crippen LogP contribution in [0.25, 0.3) is 0 Å². The Morgan fingerprint density at radius 2 is 2.14 bits per heavy atom. The van der Waals surface area contributed by atoms with Gasteiger partial charge in [-0.3, -0.25) is 14.8 Å². The molecule has 1 amide bonds. The van der Waals surface area contributed by atoms with E-state index in [1.165, 1.54) is 22.6 Å². The molecule has 2 aliphatic rings. The van der Waals surface area contributed by atoms with Crippen molar-refractivity contribution in [1.82, 2.24) is 19.9 Å². The second-order valence-corrected chi connectivity index (χ2v) is 8.66. The lowest BCUT2D eigenvalue weighted by Gasteiger charge is -2.25. The molecule has 3 aromatic rings.